The maximum Gasteiger partial charge on any atom is 0.0463 e. The summed E-state index contributed by atoms with van der Waals surface area (Å²) in [5.41, 5.74) is 15.1. The third-order valence-electron chi connectivity index (χ3n) is 5.65. The Morgan fingerprint density at radius 3 is 1.61 bits per heavy atom. The SMILES string of the molecule is Nc1ccc(N(c2ccc(C3=CC=CC3)cc2)c2ccc(-c3ccccc3)cc2)cc1. The van der Waals surface area contributed by atoms with Gasteiger partial charge in [0.1, 0.15) is 0 Å². The Morgan fingerprint density at radius 1 is 0.548 bits per heavy atom. The Balaban J connectivity index is 1.52. The van der Waals surface area contributed by atoms with E-state index in [1.807, 2.05) is 18.2 Å². The monoisotopic (exact) mass is 400 g/mol. The van der Waals surface area contributed by atoms with E-state index in [0.29, 0.717) is 0 Å². The predicted molar refractivity (Wildman–Crippen MR) is 133 cm³/mol. The third kappa shape index (κ3) is 4.01. The van der Waals surface area contributed by atoms with Crippen molar-refractivity contribution in [3.05, 3.63) is 127 Å². The predicted octanol–water partition coefficient (Wildman–Crippen LogP) is 7.75. The normalized spacial score (nSPS) is 12.6. The van der Waals surface area contributed by atoms with Gasteiger partial charge in [-0.1, -0.05) is 72.8 Å². The van der Waals surface area contributed by atoms with Gasteiger partial charge in [0, 0.05) is 22.7 Å². The zero-order valence-corrected chi connectivity index (χ0v) is 17.3. The molecule has 0 unspecified atom stereocenters. The van der Waals surface area contributed by atoms with Crippen molar-refractivity contribution in [1.29, 1.82) is 0 Å². The third-order valence-corrected chi connectivity index (χ3v) is 5.65. The highest BCUT2D eigenvalue weighted by molar-refractivity contribution is 5.80. The van der Waals surface area contributed by atoms with E-state index in [1.165, 1.54) is 22.3 Å². The van der Waals surface area contributed by atoms with Gasteiger partial charge in [-0.25, -0.2) is 0 Å². The summed E-state index contributed by atoms with van der Waals surface area (Å²) >= 11 is 0. The van der Waals surface area contributed by atoms with Crippen molar-refractivity contribution in [1.82, 2.24) is 0 Å². The molecule has 0 amide bonds. The molecule has 0 atom stereocenters. The van der Waals surface area contributed by atoms with E-state index < -0.39 is 0 Å². The Labute approximate surface area is 183 Å². The second-order valence-electron chi connectivity index (χ2n) is 7.71. The van der Waals surface area contributed by atoms with Crippen molar-refractivity contribution in [3.8, 4) is 11.1 Å². The van der Waals surface area contributed by atoms with E-state index in [0.717, 1.165) is 29.2 Å². The number of nitrogens with two attached hydrogens (primary N) is 1. The van der Waals surface area contributed by atoms with Crippen LogP contribution in [-0.2, 0) is 0 Å². The number of hydrogen-bond donors (Lipinski definition) is 1. The van der Waals surface area contributed by atoms with E-state index in [2.05, 4.69) is 108 Å². The van der Waals surface area contributed by atoms with Gasteiger partial charge in [-0.15, -0.1) is 0 Å². The molecule has 0 radical (unpaired) electrons. The molecule has 2 N–H and O–H groups in total. The van der Waals surface area contributed by atoms with Crippen LogP contribution in [0.2, 0.25) is 0 Å². The molecule has 4 aromatic rings. The molecule has 0 bridgehead atoms. The van der Waals surface area contributed by atoms with E-state index in [-0.39, 0.29) is 0 Å². The molecule has 5 rings (SSSR count). The molecule has 4 aromatic carbocycles. The number of allylic oxidation sites excluding steroid dienone is 4. The summed E-state index contributed by atoms with van der Waals surface area (Å²) in [6, 6.07) is 36.0. The Morgan fingerprint density at radius 2 is 1.06 bits per heavy atom. The summed E-state index contributed by atoms with van der Waals surface area (Å²) in [6.45, 7) is 0. The lowest BCUT2D eigenvalue weighted by Gasteiger charge is -2.26. The van der Waals surface area contributed by atoms with E-state index in [9.17, 15) is 0 Å². The largest absolute Gasteiger partial charge is 0.399 e. The van der Waals surface area contributed by atoms with E-state index in [1.54, 1.807) is 0 Å². The number of benzene rings is 4. The molecule has 0 fully saturated rings. The molecule has 0 heterocycles. The van der Waals surface area contributed by atoms with Gasteiger partial charge in [0.05, 0.1) is 0 Å². The maximum absolute atomic E-state index is 5.95. The molecule has 0 saturated heterocycles. The summed E-state index contributed by atoms with van der Waals surface area (Å²) in [6.07, 6.45) is 7.51. The number of hydrogen-bond acceptors (Lipinski definition) is 2. The molecule has 1 aliphatic carbocycles. The molecule has 31 heavy (non-hydrogen) atoms. The highest BCUT2D eigenvalue weighted by atomic mass is 15.1. The van der Waals surface area contributed by atoms with Crippen LogP contribution in [0.1, 0.15) is 12.0 Å². The van der Waals surface area contributed by atoms with Crippen molar-refractivity contribution in [3.63, 3.8) is 0 Å². The molecule has 2 heteroatoms. The maximum atomic E-state index is 5.95. The first-order valence-corrected chi connectivity index (χ1v) is 10.6. The summed E-state index contributed by atoms with van der Waals surface area (Å²) in [4.78, 5) is 2.26. The van der Waals surface area contributed by atoms with Gasteiger partial charge >= 0.3 is 0 Å². The summed E-state index contributed by atoms with van der Waals surface area (Å²) < 4.78 is 0. The first-order valence-electron chi connectivity index (χ1n) is 10.6. The van der Waals surface area contributed by atoms with E-state index in [4.69, 9.17) is 5.73 Å². The fourth-order valence-electron chi connectivity index (χ4n) is 3.99. The Kier molecular flexibility index (Phi) is 5.12. The minimum atomic E-state index is 0.763. The highest BCUT2D eigenvalue weighted by Crippen LogP contribution is 2.37. The zero-order valence-electron chi connectivity index (χ0n) is 17.3. The average Bonchev–Trinajstić information content (AvgIpc) is 3.37. The Bertz CT molecular complexity index is 1220. The van der Waals surface area contributed by atoms with Crippen molar-refractivity contribution < 1.29 is 0 Å². The van der Waals surface area contributed by atoms with E-state index >= 15 is 0 Å². The Hall–Kier alpha value is -4.04. The fourth-order valence-corrected chi connectivity index (χ4v) is 3.99. The average molecular weight is 401 g/mol. The molecule has 150 valence electrons. The smallest absolute Gasteiger partial charge is 0.0463 e. The van der Waals surface area contributed by atoms with Crippen LogP contribution in [0.15, 0.2) is 121 Å². The number of nitrogens with zero attached hydrogens (tertiary/aromatic N) is 1. The number of anilines is 4. The van der Waals surface area contributed by atoms with Crippen LogP contribution in [0, 0.1) is 0 Å². The van der Waals surface area contributed by atoms with Gasteiger partial charge in [0.25, 0.3) is 0 Å². The zero-order chi connectivity index (χ0) is 21.0. The first kappa shape index (κ1) is 19.0. The van der Waals surface area contributed by atoms with Crippen molar-refractivity contribution in [2.45, 2.75) is 6.42 Å². The lowest BCUT2D eigenvalue weighted by atomic mass is 10.0. The van der Waals surface area contributed by atoms with Gasteiger partial charge in [-0.3, -0.25) is 0 Å². The molecule has 0 aromatic heterocycles. The second-order valence-corrected chi connectivity index (χ2v) is 7.71. The van der Waals surface area contributed by atoms with Crippen LogP contribution in [0.5, 0.6) is 0 Å². The van der Waals surface area contributed by atoms with Crippen molar-refractivity contribution in [2.24, 2.45) is 0 Å². The topological polar surface area (TPSA) is 29.3 Å². The first-order chi connectivity index (χ1) is 15.3. The standard InChI is InChI=1S/C29H24N2/c30-26-14-20-29(21-15-26)31(28-18-12-25(13-19-28)23-8-4-5-9-23)27-16-10-24(11-17-27)22-6-2-1-3-7-22/h1-8,10-21H,9,30H2. The van der Waals surface area contributed by atoms with Crippen molar-refractivity contribution >= 4 is 28.3 Å². The molecule has 0 aliphatic heterocycles. The van der Waals surface area contributed by atoms with Crippen LogP contribution >= 0.6 is 0 Å². The van der Waals surface area contributed by atoms with Gasteiger partial charge < -0.3 is 10.6 Å². The van der Waals surface area contributed by atoms with Crippen molar-refractivity contribution in [2.75, 3.05) is 10.6 Å². The molecule has 0 spiro atoms. The van der Waals surface area contributed by atoms with Crippen LogP contribution in [-0.4, -0.2) is 0 Å². The molecule has 1 aliphatic rings. The van der Waals surface area contributed by atoms with Crippen LogP contribution in [0.3, 0.4) is 0 Å². The van der Waals surface area contributed by atoms with Crippen LogP contribution in [0.4, 0.5) is 22.7 Å². The minimum Gasteiger partial charge on any atom is -0.399 e. The number of rotatable bonds is 5. The molecule has 0 saturated carbocycles. The van der Waals surface area contributed by atoms with Crippen LogP contribution < -0.4 is 10.6 Å². The molecular weight excluding hydrogens is 376 g/mol. The number of nitrogen functional groups attached to an aromatic ring is 1. The summed E-state index contributed by atoms with van der Waals surface area (Å²) in [5.74, 6) is 0. The van der Waals surface area contributed by atoms with Gasteiger partial charge in [-0.05, 0) is 77.2 Å². The summed E-state index contributed by atoms with van der Waals surface area (Å²) in [7, 11) is 0. The lowest BCUT2D eigenvalue weighted by Crippen LogP contribution is -2.10. The second kappa shape index (κ2) is 8.37. The van der Waals surface area contributed by atoms with Gasteiger partial charge in [-0.2, -0.15) is 0 Å². The summed E-state index contributed by atoms with van der Waals surface area (Å²) in [5, 5.41) is 0. The fraction of sp³-hybridized carbons (Fsp3) is 0.0345. The molecule has 2 nitrogen and oxygen atoms in total. The minimum absolute atomic E-state index is 0.763. The molecular formula is C29H24N2. The quantitative estimate of drug-likeness (QED) is 0.347. The van der Waals surface area contributed by atoms with Gasteiger partial charge in [0.2, 0.25) is 0 Å². The van der Waals surface area contributed by atoms with Crippen LogP contribution in [0.25, 0.3) is 16.7 Å². The lowest BCUT2D eigenvalue weighted by molar-refractivity contribution is 1.28. The highest BCUT2D eigenvalue weighted by Gasteiger charge is 2.13. The van der Waals surface area contributed by atoms with Gasteiger partial charge in [0.15, 0.2) is 0 Å².